The number of rotatable bonds is 3. The van der Waals surface area contributed by atoms with Crippen molar-refractivity contribution in [1.29, 1.82) is 0 Å². The van der Waals surface area contributed by atoms with Crippen LogP contribution in [0.4, 0.5) is 0 Å². The number of Topliss-reactive ketones (excluding diaryl/α,β-unsaturated/α-hetero) is 1. The first-order chi connectivity index (χ1) is 10.0. The Bertz CT molecular complexity index is 665. The third kappa shape index (κ3) is 1.76. The topological polar surface area (TPSA) is 97.8 Å². The Kier molecular flexibility index (Phi) is 3.11. The molecule has 7 nitrogen and oxygen atoms in total. The summed E-state index contributed by atoms with van der Waals surface area (Å²) >= 11 is 0. The van der Waals surface area contributed by atoms with E-state index in [1.807, 2.05) is 13.8 Å². The summed E-state index contributed by atoms with van der Waals surface area (Å²) in [5.74, 6) is -2.10. The molecular formula is C14H19NO6S. The Morgan fingerprint density at radius 2 is 1.64 bits per heavy atom. The van der Waals surface area contributed by atoms with Gasteiger partial charge in [0.05, 0.1) is 0 Å². The van der Waals surface area contributed by atoms with Crippen LogP contribution in [0.15, 0.2) is 0 Å². The van der Waals surface area contributed by atoms with Crippen LogP contribution in [0.3, 0.4) is 0 Å². The zero-order chi connectivity index (χ0) is 16.5. The molecule has 2 amide bonds. The van der Waals surface area contributed by atoms with Crippen molar-refractivity contribution in [3.63, 3.8) is 0 Å². The van der Waals surface area contributed by atoms with Gasteiger partial charge in [-0.25, -0.2) is 0 Å². The molecule has 2 bridgehead atoms. The smallest absolute Gasteiger partial charge is 0.297 e. The van der Waals surface area contributed by atoms with E-state index in [2.05, 4.69) is 0 Å². The van der Waals surface area contributed by atoms with Gasteiger partial charge in [-0.15, -0.1) is 9.35 Å². The molecule has 0 aromatic rings. The highest BCUT2D eigenvalue weighted by Gasteiger charge is 2.70. The lowest BCUT2D eigenvalue weighted by Gasteiger charge is -2.32. The maximum absolute atomic E-state index is 12.6. The molecule has 1 saturated heterocycles. The molecule has 2 aliphatic carbocycles. The molecule has 2 saturated carbocycles. The molecule has 1 aliphatic heterocycles. The van der Waals surface area contributed by atoms with E-state index in [1.54, 1.807) is 6.92 Å². The predicted octanol–water partition coefficient (Wildman–Crippen LogP) is 0.791. The number of imide groups is 1. The molecule has 0 N–H and O–H groups in total. The third-order valence-electron chi connectivity index (χ3n) is 5.97. The maximum atomic E-state index is 12.6. The van der Waals surface area contributed by atoms with Gasteiger partial charge < -0.3 is 0 Å². The maximum Gasteiger partial charge on any atom is 0.299 e. The summed E-state index contributed by atoms with van der Waals surface area (Å²) in [5, 5.41) is -1.01. The van der Waals surface area contributed by atoms with Crippen molar-refractivity contribution in [2.75, 3.05) is 0 Å². The Balaban J connectivity index is 1.93. The zero-order valence-electron chi connectivity index (χ0n) is 12.8. The molecule has 3 fully saturated rings. The summed E-state index contributed by atoms with van der Waals surface area (Å²) in [4.78, 5) is 35.7. The lowest BCUT2D eigenvalue weighted by Crippen LogP contribution is -2.43. The van der Waals surface area contributed by atoms with Crippen LogP contribution in [-0.4, -0.2) is 36.3 Å². The monoisotopic (exact) mass is 329 g/mol. The van der Waals surface area contributed by atoms with Crippen molar-refractivity contribution >= 4 is 27.7 Å². The molecule has 3 rings (SSSR count). The summed E-state index contributed by atoms with van der Waals surface area (Å²) in [7, 11) is -4.36. The van der Waals surface area contributed by atoms with Gasteiger partial charge in [0.2, 0.25) is 0 Å². The number of fused-ring (bicyclic) bond motifs is 2. The summed E-state index contributed by atoms with van der Waals surface area (Å²) in [6, 6.07) is 0. The van der Waals surface area contributed by atoms with Gasteiger partial charge in [0.15, 0.2) is 11.0 Å². The molecule has 3 atom stereocenters. The Morgan fingerprint density at radius 1 is 1.09 bits per heavy atom. The quantitative estimate of drug-likeness (QED) is 0.710. The van der Waals surface area contributed by atoms with E-state index in [0.29, 0.717) is 17.9 Å². The Labute approximate surface area is 129 Å². The highest BCUT2D eigenvalue weighted by Crippen LogP contribution is 2.65. The number of hydroxylamine groups is 2. The van der Waals surface area contributed by atoms with Gasteiger partial charge in [0.25, 0.3) is 21.9 Å². The molecule has 0 aromatic carbocycles. The predicted molar refractivity (Wildman–Crippen MR) is 74.5 cm³/mol. The number of carbonyl (C=O) groups excluding carboxylic acids is 3. The van der Waals surface area contributed by atoms with Gasteiger partial charge in [-0.3, -0.25) is 14.4 Å². The summed E-state index contributed by atoms with van der Waals surface area (Å²) < 4.78 is 29.8. The van der Waals surface area contributed by atoms with Crippen LogP contribution in [0.25, 0.3) is 0 Å². The molecule has 22 heavy (non-hydrogen) atoms. The third-order valence-corrected chi connectivity index (χ3v) is 7.49. The summed E-state index contributed by atoms with van der Waals surface area (Å²) in [6.45, 7) is 5.57. The molecule has 3 unspecified atom stereocenters. The first-order valence-electron chi connectivity index (χ1n) is 7.36. The fourth-order valence-electron chi connectivity index (χ4n) is 4.13. The number of ketones is 1. The van der Waals surface area contributed by atoms with Gasteiger partial charge in [-0.05, 0) is 24.2 Å². The van der Waals surface area contributed by atoms with Crippen LogP contribution in [-0.2, 0) is 28.8 Å². The van der Waals surface area contributed by atoms with Crippen LogP contribution in [0, 0.1) is 16.7 Å². The minimum Gasteiger partial charge on any atom is -0.297 e. The normalized spacial score (nSPS) is 37.4. The summed E-state index contributed by atoms with van der Waals surface area (Å²) in [5.41, 5.74) is -1.16. The zero-order valence-corrected chi connectivity index (χ0v) is 13.6. The van der Waals surface area contributed by atoms with E-state index in [0.717, 1.165) is 0 Å². The lowest BCUT2D eigenvalue weighted by atomic mass is 9.70. The lowest BCUT2D eigenvalue weighted by molar-refractivity contribution is -0.164. The standard InChI is InChI=1S/C14H19NO6S/c1-13(2)8-6-7-14(13,3)12(18)11(8)22(19,20)21-15-9(16)4-5-10(15)17/h8,11H,4-7H2,1-3H3. The van der Waals surface area contributed by atoms with Gasteiger partial charge in [-0.2, -0.15) is 8.42 Å². The van der Waals surface area contributed by atoms with Crippen LogP contribution in [0.2, 0.25) is 0 Å². The SMILES string of the molecule is CC12CCC(C(S(=O)(=O)ON3C(=O)CCC3=O)C1=O)C2(C)C. The van der Waals surface area contributed by atoms with Crippen molar-refractivity contribution in [2.45, 2.75) is 51.7 Å². The van der Waals surface area contributed by atoms with Crippen LogP contribution in [0.5, 0.6) is 0 Å². The molecule has 0 aromatic heterocycles. The molecule has 122 valence electrons. The van der Waals surface area contributed by atoms with E-state index in [-0.39, 0.29) is 24.5 Å². The first kappa shape index (κ1) is 15.6. The number of hydrogen-bond acceptors (Lipinski definition) is 6. The van der Waals surface area contributed by atoms with Crippen molar-refractivity contribution in [1.82, 2.24) is 5.06 Å². The van der Waals surface area contributed by atoms with Gasteiger partial charge in [-0.1, -0.05) is 20.8 Å². The first-order valence-corrected chi connectivity index (χ1v) is 8.83. The minimum absolute atomic E-state index is 0.0698. The second kappa shape index (κ2) is 4.38. The second-order valence-corrected chi connectivity index (χ2v) is 8.78. The van der Waals surface area contributed by atoms with Gasteiger partial charge in [0, 0.05) is 18.3 Å². The van der Waals surface area contributed by atoms with E-state index in [1.165, 1.54) is 0 Å². The highest BCUT2D eigenvalue weighted by atomic mass is 32.2. The van der Waals surface area contributed by atoms with Crippen molar-refractivity contribution < 1.29 is 27.1 Å². The van der Waals surface area contributed by atoms with Gasteiger partial charge >= 0.3 is 0 Å². The Morgan fingerprint density at radius 3 is 2.09 bits per heavy atom. The van der Waals surface area contributed by atoms with Crippen LogP contribution >= 0.6 is 0 Å². The molecule has 8 heteroatoms. The molecule has 0 radical (unpaired) electrons. The highest BCUT2D eigenvalue weighted by molar-refractivity contribution is 7.88. The number of amides is 2. The number of carbonyl (C=O) groups is 3. The van der Waals surface area contributed by atoms with E-state index >= 15 is 0 Å². The molecule has 0 spiro atoms. The fraction of sp³-hybridized carbons (Fsp3) is 0.786. The molecule has 3 aliphatic rings. The van der Waals surface area contributed by atoms with Crippen LogP contribution < -0.4 is 0 Å². The van der Waals surface area contributed by atoms with E-state index in [4.69, 9.17) is 4.28 Å². The molecule has 1 heterocycles. The van der Waals surface area contributed by atoms with Crippen LogP contribution in [0.1, 0.15) is 46.5 Å². The number of nitrogens with zero attached hydrogens (tertiary/aromatic N) is 1. The fourth-order valence-corrected chi connectivity index (χ4v) is 5.99. The van der Waals surface area contributed by atoms with E-state index in [9.17, 15) is 22.8 Å². The minimum atomic E-state index is -4.36. The summed E-state index contributed by atoms with van der Waals surface area (Å²) in [6.07, 6.45) is 1.13. The Hall–Kier alpha value is -1.28. The number of hydrogen-bond donors (Lipinski definition) is 0. The van der Waals surface area contributed by atoms with Crippen molar-refractivity contribution in [2.24, 2.45) is 16.7 Å². The average molecular weight is 329 g/mol. The average Bonchev–Trinajstić information content (AvgIpc) is 2.88. The second-order valence-electron chi connectivity index (χ2n) is 7.13. The molecular weight excluding hydrogens is 310 g/mol. The van der Waals surface area contributed by atoms with E-state index < -0.39 is 38.0 Å². The van der Waals surface area contributed by atoms with Crippen molar-refractivity contribution in [3.05, 3.63) is 0 Å². The largest absolute Gasteiger partial charge is 0.299 e. The van der Waals surface area contributed by atoms with Gasteiger partial charge in [0.1, 0.15) is 0 Å². The van der Waals surface area contributed by atoms with Crippen molar-refractivity contribution in [3.8, 4) is 0 Å².